The SMILES string of the molecule is CC.CC.CC.CCCC.c1ccccc1.c1ccccc1. The largest absolute Gasteiger partial charge is 0.0683 e. The van der Waals surface area contributed by atoms with Gasteiger partial charge in [0.1, 0.15) is 0 Å². The molecule has 22 heavy (non-hydrogen) atoms. The van der Waals surface area contributed by atoms with Crippen molar-refractivity contribution in [2.75, 3.05) is 0 Å². The van der Waals surface area contributed by atoms with Gasteiger partial charge in [-0.15, -0.1) is 0 Å². The molecule has 2 aromatic carbocycles. The van der Waals surface area contributed by atoms with Gasteiger partial charge in [0.05, 0.1) is 0 Å². The van der Waals surface area contributed by atoms with E-state index in [-0.39, 0.29) is 0 Å². The van der Waals surface area contributed by atoms with Crippen LogP contribution in [-0.2, 0) is 0 Å². The van der Waals surface area contributed by atoms with E-state index in [4.69, 9.17) is 0 Å². The van der Waals surface area contributed by atoms with Crippen LogP contribution in [-0.4, -0.2) is 0 Å². The van der Waals surface area contributed by atoms with Crippen molar-refractivity contribution in [2.45, 2.75) is 68.2 Å². The highest BCUT2D eigenvalue weighted by Gasteiger charge is 1.58. The molecule has 0 atom stereocenters. The smallest absolute Gasteiger partial charge is 0.0564 e. The van der Waals surface area contributed by atoms with Crippen molar-refractivity contribution in [2.24, 2.45) is 0 Å². The van der Waals surface area contributed by atoms with Gasteiger partial charge in [-0.1, -0.05) is 141 Å². The van der Waals surface area contributed by atoms with E-state index in [1.165, 1.54) is 12.8 Å². The number of rotatable bonds is 1. The first kappa shape index (κ1) is 28.6. The zero-order valence-electron chi connectivity index (χ0n) is 16.3. The van der Waals surface area contributed by atoms with E-state index in [0.717, 1.165) is 0 Å². The van der Waals surface area contributed by atoms with E-state index in [0.29, 0.717) is 0 Å². The zero-order chi connectivity index (χ0) is 17.9. The Morgan fingerprint density at radius 3 is 0.455 bits per heavy atom. The molecule has 0 aliphatic carbocycles. The molecule has 2 aromatic rings. The fraction of sp³-hybridized carbons (Fsp3) is 0.455. The first-order valence-electron chi connectivity index (χ1n) is 8.91. The van der Waals surface area contributed by atoms with Gasteiger partial charge in [-0.25, -0.2) is 0 Å². The molecule has 0 N–H and O–H groups in total. The van der Waals surface area contributed by atoms with Crippen molar-refractivity contribution in [1.82, 2.24) is 0 Å². The summed E-state index contributed by atoms with van der Waals surface area (Å²) in [5.74, 6) is 0. The second-order valence-corrected chi connectivity index (χ2v) is 3.31. The van der Waals surface area contributed by atoms with Gasteiger partial charge in [0, 0.05) is 0 Å². The van der Waals surface area contributed by atoms with Gasteiger partial charge in [0.2, 0.25) is 0 Å². The highest BCUT2D eigenvalue weighted by atomic mass is 13.7. The number of benzene rings is 2. The molecule has 0 aliphatic rings. The molecule has 128 valence electrons. The van der Waals surface area contributed by atoms with E-state index >= 15 is 0 Å². The quantitative estimate of drug-likeness (QED) is 0.497. The van der Waals surface area contributed by atoms with Crippen LogP contribution in [0.4, 0.5) is 0 Å². The molecule has 0 saturated heterocycles. The Labute approximate surface area is 141 Å². The van der Waals surface area contributed by atoms with Crippen LogP contribution in [0.3, 0.4) is 0 Å². The van der Waals surface area contributed by atoms with Crippen LogP contribution >= 0.6 is 0 Å². The summed E-state index contributed by atoms with van der Waals surface area (Å²) in [6.07, 6.45) is 2.64. The lowest BCUT2D eigenvalue weighted by atomic mass is 10.4. The first-order chi connectivity index (χ1) is 10.9. The molecular weight excluding hydrogens is 264 g/mol. The van der Waals surface area contributed by atoms with Crippen molar-refractivity contribution in [3.05, 3.63) is 72.8 Å². The Bertz CT molecular complexity index is 199. The molecule has 0 heterocycles. The summed E-state index contributed by atoms with van der Waals surface area (Å²) in [7, 11) is 0. The Kier molecular flexibility index (Phi) is 55.5. The molecule has 0 nitrogen and oxygen atoms in total. The van der Waals surface area contributed by atoms with E-state index < -0.39 is 0 Å². The van der Waals surface area contributed by atoms with Crippen molar-refractivity contribution in [3.63, 3.8) is 0 Å². The third-order valence-corrected chi connectivity index (χ3v) is 1.83. The van der Waals surface area contributed by atoms with Crippen LogP contribution in [0.5, 0.6) is 0 Å². The number of unbranched alkanes of at least 4 members (excludes halogenated alkanes) is 1. The topological polar surface area (TPSA) is 0 Å². The summed E-state index contributed by atoms with van der Waals surface area (Å²) in [6, 6.07) is 24.0. The van der Waals surface area contributed by atoms with Crippen molar-refractivity contribution < 1.29 is 0 Å². The molecular formula is C22H40. The normalized spacial score (nSPS) is 6.55. The molecule has 0 bridgehead atoms. The summed E-state index contributed by atoms with van der Waals surface area (Å²) in [4.78, 5) is 0. The van der Waals surface area contributed by atoms with Crippen molar-refractivity contribution in [3.8, 4) is 0 Å². The van der Waals surface area contributed by atoms with Crippen LogP contribution in [0.2, 0.25) is 0 Å². The first-order valence-corrected chi connectivity index (χ1v) is 8.91. The zero-order valence-corrected chi connectivity index (χ0v) is 16.3. The van der Waals surface area contributed by atoms with Crippen LogP contribution in [0, 0.1) is 0 Å². The molecule has 0 fully saturated rings. The van der Waals surface area contributed by atoms with E-state index in [1.807, 2.05) is 114 Å². The molecule has 0 radical (unpaired) electrons. The molecule has 0 aliphatic heterocycles. The van der Waals surface area contributed by atoms with E-state index in [1.54, 1.807) is 0 Å². The Balaban J connectivity index is -0.0000000960. The Morgan fingerprint density at radius 1 is 0.318 bits per heavy atom. The summed E-state index contributed by atoms with van der Waals surface area (Å²) in [6.45, 7) is 16.4. The molecule has 0 amide bonds. The van der Waals surface area contributed by atoms with E-state index in [9.17, 15) is 0 Å². The average Bonchev–Trinajstić information content (AvgIpc) is 2.70. The number of hydrogen-bond donors (Lipinski definition) is 0. The number of hydrogen-bond acceptors (Lipinski definition) is 0. The Hall–Kier alpha value is -1.56. The van der Waals surface area contributed by atoms with Gasteiger partial charge < -0.3 is 0 Å². The standard InChI is InChI=1S/2C6H6.C4H10.3C2H6/c2*1-2-4-6-5-3-1;1-3-4-2;3*1-2/h2*1-6H;3-4H2,1-2H3;3*1-2H3. The molecule has 0 spiro atoms. The lowest BCUT2D eigenvalue weighted by Gasteiger charge is -1.69. The average molecular weight is 305 g/mol. The maximum Gasteiger partial charge on any atom is -0.0564 e. The maximum atomic E-state index is 2.18. The van der Waals surface area contributed by atoms with Crippen LogP contribution in [0.1, 0.15) is 68.2 Å². The molecule has 0 saturated carbocycles. The van der Waals surface area contributed by atoms with Gasteiger partial charge in [-0.05, 0) is 0 Å². The predicted octanol–water partition coefficient (Wildman–Crippen LogP) is 8.26. The van der Waals surface area contributed by atoms with Crippen molar-refractivity contribution >= 4 is 0 Å². The lowest BCUT2D eigenvalue weighted by Crippen LogP contribution is -1.47. The predicted molar refractivity (Wildman–Crippen MR) is 108 cm³/mol. The van der Waals surface area contributed by atoms with Gasteiger partial charge in [-0.2, -0.15) is 0 Å². The third-order valence-electron chi connectivity index (χ3n) is 1.83. The Morgan fingerprint density at radius 2 is 0.409 bits per heavy atom. The van der Waals surface area contributed by atoms with Crippen molar-refractivity contribution in [1.29, 1.82) is 0 Å². The lowest BCUT2D eigenvalue weighted by molar-refractivity contribution is 0.886. The van der Waals surface area contributed by atoms with Gasteiger partial charge >= 0.3 is 0 Å². The van der Waals surface area contributed by atoms with Crippen LogP contribution in [0.25, 0.3) is 0 Å². The summed E-state index contributed by atoms with van der Waals surface area (Å²) in [5, 5.41) is 0. The van der Waals surface area contributed by atoms with E-state index in [2.05, 4.69) is 13.8 Å². The minimum atomic E-state index is 1.32. The fourth-order valence-corrected chi connectivity index (χ4v) is 0.770. The minimum Gasteiger partial charge on any atom is -0.0683 e. The summed E-state index contributed by atoms with van der Waals surface area (Å²) >= 11 is 0. The monoisotopic (exact) mass is 304 g/mol. The highest BCUT2D eigenvalue weighted by Crippen LogP contribution is 1.80. The molecule has 0 unspecified atom stereocenters. The third kappa shape index (κ3) is 42.9. The minimum absolute atomic E-state index is 1.32. The van der Waals surface area contributed by atoms with Crippen LogP contribution < -0.4 is 0 Å². The molecule has 0 aromatic heterocycles. The molecule has 2 rings (SSSR count). The highest BCUT2D eigenvalue weighted by molar-refractivity contribution is 4.99. The maximum absolute atomic E-state index is 2.18. The second kappa shape index (κ2) is 42.7. The molecule has 0 heteroatoms. The summed E-state index contributed by atoms with van der Waals surface area (Å²) in [5.41, 5.74) is 0. The van der Waals surface area contributed by atoms with Gasteiger partial charge in [0.25, 0.3) is 0 Å². The second-order valence-electron chi connectivity index (χ2n) is 3.31. The van der Waals surface area contributed by atoms with Crippen LogP contribution in [0.15, 0.2) is 72.8 Å². The van der Waals surface area contributed by atoms with Gasteiger partial charge in [0.15, 0.2) is 0 Å². The summed E-state index contributed by atoms with van der Waals surface area (Å²) < 4.78 is 0. The van der Waals surface area contributed by atoms with Gasteiger partial charge in [-0.3, -0.25) is 0 Å². The fourth-order valence-electron chi connectivity index (χ4n) is 0.770.